The van der Waals surface area contributed by atoms with Gasteiger partial charge in [0.1, 0.15) is 0 Å². The maximum atomic E-state index is 2.50. The summed E-state index contributed by atoms with van der Waals surface area (Å²) in [4.78, 5) is 7.49. The summed E-state index contributed by atoms with van der Waals surface area (Å²) >= 11 is 0. The van der Waals surface area contributed by atoms with Crippen molar-refractivity contribution in [1.29, 1.82) is 0 Å². The van der Waals surface area contributed by atoms with Gasteiger partial charge in [0, 0.05) is 50.8 Å². The predicted octanol–water partition coefficient (Wildman–Crippen LogP) is 18.0. The van der Waals surface area contributed by atoms with Crippen LogP contribution in [0.3, 0.4) is 0 Å². The summed E-state index contributed by atoms with van der Waals surface area (Å²) in [6.45, 7) is 6.55. The fourth-order valence-corrected chi connectivity index (χ4v) is 9.27. The van der Waals surface area contributed by atoms with Crippen molar-refractivity contribution in [3.8, 4) is 33.4 Å². The minimum Gasteiger partial charge on any atom is -0.309 e. The Morgan fingerprint density at radius 1 is 0.212 bits per heavy atom. The minimum absolute atomic E-state index is 1.05. The Hall–Kier alpha value is -8.40. The number of hydrogen-bond donors (Lipinski definition) is 0. The van der Waals surface area contributed by atoms with Gasteiger partial charge in [-0.15, -0.1) is 0 Å². The number of benzene rings is 10. The molecule has 66 heavy (non-hydrogen) atoms. The van der Waals surface area contributed by atoms with E-state index >= 15 is 0 Å². The van der Waals surface area contributed by atoms with Crippen LogP contribution < -0.4 is 14.7 Å². The van der Waals surface area contributed by atoms with Gasteiger partial charge >= 0.3 is 0 Å². The quantitative estimate of drug-likeness (QED) is 0.121. The average Bonchev–Trinajstić information content (AvgIpc) is 3.36. The van der Waals surface area contributed by atoms with Crippen molar-refractivity contribution in [2.45, 2.75) is 20.8 Å². The molecule has 10 aromatic carbocycles. The van der Waals surface area contributed by atoms with Crippen LogP contribution in [0.25, 0.3) is 33.4 Å². The van der Waals surface area contributed by atoms with E-state index in [1.807, 2.05) is 0 Å². The smallest absolute Gasteiger partial charge is 0.0661 e. The van der Waals surface area contributed by atoms with Crippen LogP contribution in [-0.2, 0) is 0 Å². The molecular formula is C63H51N3. The molecule has 0 bridgehead atoms. The van der Waals surface area contributed by atoms with Crippen LogP contribution in [0.5, 0.6) is 0 Å². The van der Waals surface area contributed by atoms with Gasteiger partial charge in [-0.25, -0.2) is 0 Å². The molecule has 318 valence electrons. The maximum absolute atomic E-state index is 2.50. The summed E-state index contributed by atoms with van der Waals surface area (Å²) in [5.41, 5.74) is 19.5. The molecule has 0 spiro atoms. The highest BCUT2D eigenvalue weighted by atomic mass is 15.2. The Morgan fingerprint density at radius 2 is 0.424 bits per heavy atom. The second-order valence-corrected chi connectivity index (χ2v) is 16.8. The molecule has 0 amide bonds. The van der Waals surface area contributed by atoms with Crippen LogP contribution in [0.2, 0.25) is 0 Å². The van der Waals surface area contributed by atoms with Crippen molar-refractivity contribution in [2.24, 2.45) is 0 Å². The molecule has 0 N–H and O–H groups in total. The number of aryl methyl sites for hydroxylation is 3. The topological polar surface area (TPSA) is 9.72 Å². The molecule has 3 heteroatoms. The number of rotatable bonds is 12. The van der Waals surface area contributed by atoms with Crippen molar-refractivity contribution >= 4 is 51.2 Å². The van der Waals surface area contributed by atoms with Gasteiger partial charge in [0.15, 0.2) is 0 Å². The summed E-state index contributed by atoms with van der Waals surface area (Å²) in [5, 5.41) is 0. The highest BCUT2D eigenvalue weighted by Crippen LogP contribution is 2.62. The maximum Gasteiger partial charge on any atom is 0.0661 e. The Bertz CT molecular complexity index is 2840. The SMILES string of the molecule is Cc1cccc(N(c2ccccc2)c2c(-c3ccccc3)c(N(c3ccccc3)c3cccc(C)c3)c(-c3ccccc3)c(N(c3ccccc3)c3cccc(C)c3)c2-c2ccccc2)c1. The Balaban J connectivity index is 1.56. The van der Waals surface area contributed by atoms with Gasteiger partial charge in [0.2, 0.25) is 0 Å². The van der Waals surface area contributed by atoms with Crippen LogP contribution in [0.15, 0.2) is 255 Å². The number of para-hydroxylation sites is 3. The van der Waals surface area contributed by atoms with Crippen LogP contribution in [0, 0.1) is 20.8 Å². The van der Waals surface area contributed by atoms with Crippen LogP contribution in [0.1, 0.15) is 16.7 Å². The summed E-state index contributed by atoms with van der Waals surface area (Å²) in [6.07, 6.45) is 0. The molecule has 0 aliphatic heterocycles. The molecule has 10 aromatic rings. The molecule has 0 saturated heterocycles. The molecule has 0 aliphatic rings. The van der Waals surface area contributed by atoms with Gasteiger partial charge in [-0.1, -0.05) is 182 Å². The van der Waals surface area contributed by atoms with Gasteiger partial charge in [-0.3, -0.25) is 0 Å². The lowest BCUT2D eigenvalue weighted by Crippen LogP contribution is -2.21. The van der Waals surface area contributed by atoms with Crippen LogP contribution in [0.4, 0.5) is 51.2 Å². The lowest BCUT2D eigenvalue weighted by molar-refractivity contribution is 1.22. The molecule has 0 fully saturated rings. The Labute approximate surface area is 389 Å². The van der Waals surface area contributed by atoms with Gasteiger partial charge in [-0.05, 0) is 127 Å². The fraction of sp³-hybridized carbons (Fsp3) is 0.0476. The third kappa shape index (κ3) is 8.27. The molecule has 0 unspecified atom stereocenters. The van der Waals surface area contributed by atoms with Crippen LogP contribution >= 0.6 is 0 Å². The number of nitrogens with zero attached hydrogens (tertiary/aromatic N) is 3. The Kier molecular flexibility index (Phi) is 11.8. The first-order valence-corrected chi connectivity index (χ1v) is 22.7. The molecule has 0 radical (unpaired) electrons. The van der Waals surface area contributed by atoms with Gasteiger partial charge in [0.25, 0.3) is 0 Å². The monoisotopic (exact) mass is 849 g/mol. The van der Waals surface area contributed by atoms with E-state index < -0.39 is 0 Å². The molecular weight excluding hydrogens is 799 g/mol. The normalized spacial score (nSPS) is 11.0. The van der Waals surface area contributed by atoms with E-state index in [1.54, 1.807) is 0 Å². The van der Waals surface area contributed by atoms with Gasteiger partial charge in [-0.2, -0.15) is 0 Å². The van der Waals surface area contributed by atoms with E-state index in [0.717, 1.165) is 84.6 Å². The standard InChI is InChI=1S/C63H51N3/c1-46-25-22-40-55(43-46)64(52-34-16-7-17-35-52)61-58(49-28-10-4-11-29-49)62(65(53-36-18-8-19-37-53)56-41-23-26-47(2)44-56)60(51-32-14-6-15-33-51)63(59(61)50-30-12-5-13-31-50)66(54-38-20-9-21-39-54)57-42-24-27-48(3)45-57/h4-45H,1-3H3. The predicted molar refractivity (Wildman–Crippen MR) is 281 cm³/mol. The van der Waals surface area contributed by atoms with Crippen molar-refractivity contribution in [3.05, 3.63) is 271 Å². The van der Waals surface area contributed by atoms with Gasteiger partial charge < -0.3 is 14.7 Å². The van der Waals surface area contributed by atoms with Crippen molar-refractivity contribution in [1.82, 2.24) is 0 Å². The third-order valence-electron chi connectivity index (χ3n) is 12.1. The molecule has 10 rings (SSSR count). The molecule has 0 aliphatic carbocycles. The van der Waals surface area contributed by atoms with E-state index in [0.29, 0.717) is 0 Å². The van der Waals surface area contributed by atoms with E-state index in [-0.39, 0.29) is 0 Å². The first kappa shape index (κ1) is 41.6. The highest BCUT2D eigenvalue weighted by molar-refractivity contribution is 6.18. The second-order valence-electron chi connectivity index (χ2n) is 16.8. The average molecular weight is 850 g/mol. The van der Waals surface area contributed by atoms with E-state index in [1.165, 1.54) is 16.7 Å². The molecule has 3 nitrogen and oxygen atoms in total. The largest absolute Gasteiger partial charge is 0.309 e. The highest BCUT2D eigenvalue weighted by Gasteiger charge is 2.36. The Morgan fingerprint density at radius 3 is 0.652 bits per heavy atom. The van der Waals surface area contributed by atoms with E-state index in [9.17, 15) is 0 Å². The summed E-state index contributed by atoms with van der Waals surface area (Å²) in [7, 11) is 0. The zero-order chi connectivity index (χ0) is 44.8. The second kappa shape index (κ2) is 18.8. The summed E-state index contributed by atoms with van der Waals surface area (Å²) in [6, 6.07) is 92.4. The van der Waals surface area contributed by atoms with Crippen molar-refractivity contribution in [2.75, 3.05) is 14.7 Å². The summed E-state index contributed by atoms with van der Waals surface area (Å²) < 4.78 is 0. The lowest BCUT2D eigenvalue weighted by atomic mass is 9.84. The lowest BCUT2D eigenvalue weighted by Gasteiger charge is -2.40. The molecule has 0 heterocycles. The molecule has 0 aromatic heterocycles. The van der Waals surface area contributed by atoms with E-state index in [2.05, 4.69) is 290 Å². The third-order valence-corrected chi connectivity index (χ3v) is 12.1. The van der Waals surface area contributed by atoms with E-state index in [4.69, 9.17) is 0 Å². The minimum atomic E-state index is 1.05. The van der Waals surface area contributed by atoms with Crippen molar-refractivity contribution < 1.29 is 0 Å². The first-order valence-electron chi connectivity index (χ1n) is 22.7. The zero-order valence-corrected chi connectivity index (χ0v) is 37.6. The molecule has 0 saturated carbocycles. The number of anilines is 9. The summed E-state index contributed by atoms with van der Waals surface area (Å²) in [5.74, 6) is 0. The van der Waals surface area contributed by atoms with Crippen molar-refractivity contribution in [3.63, 3.8) is 0 Å². The fourth-order valence-electron chi connectivity index (χ4n) is 9.27. The zero-order valence-electron chi connectivity index (χ0n) is 37.6. The number of hydrogen-bond acceptors (Lipinski definition) is 3. The first-order chi connectivity index (χ1) is 32.5. The van der Waals surface area contributed by atoms with Gasteiger partial charge in [0.05, 0.1) is 17.1 Å². The van der Waals surface area contributed by atoms with Crippen LogP contribution in [-0.4, -0.2) is 0 Å². The molecule has 0 atom stereocenters.